The number of piperazine rings is 1. The molecule has 2 aromatic rings. The lowest BCUT2D eigenvalue weighted by Crippen LogP contribution is -2.48. The summed E-state index contributed by atoms with van der Waals surface area (Å²) in [6.07, 6.45) is 3.17. The van der Waals surface area contributed by atoms with Gasteiger partial charge in [-0.3, -0.25) is 0 Å². The van der Waals surface area contributed by atoms with Crippen LogP contribution >= 0.6 is 12.4 Å². The van der Waals surface area contributed by atoms with Crippen LogP contribution in [0.2, 0.25) is 0 Å². The summed E-state index contributed by atoms with van der Waals surface area (Å²) >= 11 is 0. The van der Waals surface area contributed by atoms with Crippen LogP contribution < -0.4 is 10.1 Å². The Bertz CT molecular complexity index is 838. The first-order valence-electron chi connectivity index (χ1n) is 8.34. The van der Waals surface area contributed by atoms with Gasteiger partial charge < -0.3 is 14.6 Å². The standard InChI is InChI=1S/C17H24N4O3S.ClH/c1-13(2)20-11-17(19-12-20)25(22,23)21-9-8-18-10-15(21)14-6-4-5-7-16(14)24-3;/h4-7,11-13,15,18H,8-10H2,1-3H3;1H. The molecule has 26 heavy (non-hydrogen) atoms. The highest BCUT2D eigenvalue weighted by atomic mass is 35.5. The van der Waals surface area contributed by atoms with E-state index in [0.29, 0.717) is 25.4 Å². The van der Waals surface area contributed by atoms with Gasteiger partial charge in [-0.2, -0.15) is 4.31 Å². The van der Waals surface area contributed by atoms with Gasteiger partial charge in [0.1, 0.15) is 5.75 Å². The highest BCUT2D eigenvalue weighted by Gasteiger charge is 2.37. The minimum absolute atomic E-state index is 0. The Kier molecular flexibility index (Phi) is 6.68. The number of nitrogens with one attached hydrogen (secondary N) is 1. The molecular weight excluding hydrogens is 376 g/mol. The van der Waals surface area contributed by atoms with E-state index >= 15 is 0 Å². The average Bonchev–Trinajstić information content (AvgIpc) is 3.13. The molecule has 1 atom stereocenters. The van der Waals surface area contributed by atoms with Gasteiger partial charge in [0.05, 0.1) is 19.5 Å². The second-order valence-electron chi connectivity index (χ2n) is 6.33. The molecule has 144 valence electrons. The number of benzene rings is 1. The van der Waals surface area contributed by atoms with Gasteiger partial charge in [0.25, 0.3) is 10.0 Å². The molecule has 0 spiro atoms. The van der Waals surface area contributed by atoms with Crippen molar-refractivity contribution >= 4 is 22.4 Å². The molecule has 1 aliphatic rings. The first-order chi connectivity index (χ1) is 11.9. The van der Waals surface area contributed by atoms with E-state index in [2.05, 4.69) is 10.3 Å². The normalized spacial score (nSPS) is 18.5. The zero-order chi connectivity index (χ0) is 18.0. The smallest absolute Gasteiger partial charge is 0.262 e. The summed E-state index contributed by atoms with van der Waals surface area (Å²) in [7, 11) is -2.10. The third-order valence-corrected chi connectivity index (χ3v) is 6.23. The fourth-order valence-corrected chi connectivity index (χ4v) is 4.56. The molecule has 1 aromatic heterocycles. The van der Waals surface area contributed by atoms with E-state index in [-0.39, 0.29) is 29.5 Å². The topological polar surface area (TPSA) is 76.5 Å². The monoisotopic (exact) mass is 400 g/mol. The molecule has 1 unspecified atom stereocenters. The van der Waals surface area contributed by atoms with Crippen molar-refractivity contribution in [3.8, 4) is 5.75 Å². The van der Waals surface area contributed by atoms with Crippen LogP contribution in [0.4, 0.5) is 0 Å². The van der Waals surface area contributed by atoms with Crippen molar-refractivity contribution in [3.63, 3.8) is 0 Å². The Morgan fingerprint density at radius 3 is 2.69 bits per heavy atom. The van der Waals surface area contributed by atoms with Crippen molar-refractivity contribution in [2.75, 3.05) is 26.7 Å². The van der Waals surface area contributed by atoms with Crippen LogP contribution in [-0.2, 0) is 10.0 Å². The molecule has 3 rings (SSSR count). The molecule has 1 aromatic carbocycles. The number of para-hydroxylation sites is 1. The molecular formula is C17H25ClN4O3S. The summed E-state index contributed by atoms with van der Waals surface area (Å²) < 4.78 is 35.1. The first-order valence-corrected chi connectivity index (χ1v) is 9.78. The van der Waals surface area contributed by atoms with Gasteiger partial charge in [-0.05, 0) is 19.9 Å². The van der Waals surface area contributed by atoms with Gasteiger partial charge >= 0.3 is 0 Å². The van der Waals surface area contributed by atoms with E-state index in [1.807, 2.05) is 38.1 Å². The summed E-state index contributed by atoms with van der Waals surface area (Å²) in [5.74, 6) is 0.684. The summed E-state index contributed by atoms with van der Waals surface area (Å²) in [4.78, 5) is 4.14. The number of ether oxygens (including phenoxy) is 1. The van der Waals surface area contributed by atoms with Crippen LogP contribution in [0.3, 0.4) is 0 Å². The average molecular weight is 401 g/mol. The molecule has 0 radical (unpaired) electrons. The van der Waals surface area contributed by atoms with Crippen molar-refractivity contribution in [2.24, 2.45) is 0 Å². The van der Waals surface area contributed by atoms with Crippen molar-refractivity contribution in [1.29, 1.82) is 0 Å². The molecule has 7 nitrogen and oxygen atoms in total. The zero-order valence-electron chi connectivity index (χ0n) is 15.1. The summed E-state index contributed by atoms with van der Waals surface area (Å²) in [6.45, 7) is 5.50. The maximum absolute atomic E-state index is 13.2. The Labute approximate surface area is 160 Å². The highest BCUT2D eigenvalue weighted by Crippen LogP contribution is 2.33. The fourth-order valence-electron chi connectivity index (χ4n) is 3.03. The molecule has 9 heteroatoms. The number of imidazole rings is 1. The third kappa shape index (κ3) is 3.88. The van der Waals surface area contributed by atoms with E-state index in [9.17, 15) is 8.42 Å². The van der Waals surface area contributed by atoms with E-state index in [0.717, 1.165) is 5.56 Å². The van der Waals surface area contributed by atoms with Crippen molar-refractivity contribution in [3.05, 3.63) is 42.4 Å². The van der Waals surface area contributed by atoms with Gasteiger partial charge in [0.2, 0.25) is 0 Å². The second-order valence-corrected chi connectivity index (χ2v) is 8.17. The number of aromatic nitrogens is 2. The van der Waals surface area contributed by atoms with Crippen molar-refractivity contribution in [1.82, 2.24) is 19.2 Å². The van der Waals surface area contributed by atoms with Gasteiger partial charge in [-0.15, -0.1) is 12.4 Å². The summed E-state index contributed by atoms with van der Waals surface area (Å²) in [5, 5.41) is 3.36. The van der Waals surface area contributed by atoms with E-state index < -0.39 is 10.0 Å². The molecule has 0 bridgehead atoms. The molecule has 1 N–H and O–H groups in total. The maximum Gasteiger partial charge on any atom is 0.262 e. The van der Waals surface area contributed by atoms with Crippen LogP contribution in [0.15, 0.2) is 41.8 Å². The number of halogens is 1. The largest absolute Gasteiger partial charge is 0.496 e. The molecule has 1 fully saturated rings. The lowest BCUT2D eigenvalue weighted by atomic mass is 10.0. The Morgan fingerprint density at radius 2 is 2.04 bits per heavy atom. The summed E-state index contributed by atoms with van der Waals surface area (Å²) in [5.41, 5.74) is 0.851. The second kappa shape index (κ2) is 8.39. The van der Waals surface area contributed by atoms with Crippen LogP contribution in [0.25, 0.3) is 0 Å². The highest BCUT2D eigenvalue weighted by molar-refractivity contribution is 7.89. The van der Waals surface area contributed by atoms with Gasteiger partial charge in [-0.25, -0.2) is 13.4 Å². The van der Waals surface area contributed by atoms with E-state index in [4.69, 9.17) is 4.74 Å². The van der Waals surface area contributed by atoms with Crippen molar-refractivity contribution < 1.29 is 13.2 Å². The lowest BCUT2D eigenvalue weighted by molar-refractivity contribution is 0.264. The minimum Gasteiger partial charge on any atom is -0.496 e. The van der Waals surface area contributed by atoms with Gasteiger partial charge in [0, 0.05) is 37.4 Å². The van der Waals surface area contributed by atoms with Crippen LogP contribution in [0.1, 0.15) is 31.5 Å². The van der Waals surface area contributed by atoms with Gasteiger partial charge in [-0.1, -0.05) is 18.2 Å². The van der Waals surface area contributed by atoms with Crippen molar-refractivity contribution in [2.45, 2.75) is 31.0 Å². The quantitative estimate of drug-likeness (QED) is 0.832. The molecule has 2 heterocycles. The van der Waals surface area contributed by atoms with Crippen LogP contribution in [0, 0.1) is 0 Å². The molecule has 0 saturated carbocycles. The lowest BCUT2D eigenvalue weighted by Gasteiger charge is -2.35. The predicted molar refractivity (Wildman–Crippen MR) is 102 cm³/mol. The number of rotatable bonds is 5. The van der Waals surface area contributed by atoms with Crippen LogP contribution in [0.5, 0.6) is 5.75 Å². The SMILES string of the molecule is COc1ccccc1C1CNCCN1S(=O)(=O)c1cn(C(C)C)cn1.Cl. The van der Waals surface area contributed by atoms with Crippen LogP contribution in [-0.4, -0.2) is 49.0 Å². The number of methoxy groups -OCH3 is 1. The maximum atomic E-state index is 13.2. The van der Waals surface area contributed by atoms with Gasteiger partial charge in [0.15, 0.2) is 5.03 Å². The number of hydrogen-bond acceptors (Lipinski definition) is 5. The molecule has 1 saturated heterocycles. The van der Waals surface area contributed by atoms with E-state index in [1.165, 1.54) is 4.31 Å². The first kappa shape index (κ1) is 20.7. The fraction of sp³-hybridized carbons (Fsp3) is 0.471. The Balaban J connectivity index is 0.00000243. The summed E-state index contributed by atoms with van der Waals surface area (Å²) in [6, 6.07) is 7.35. The zero-order valence-corrected chi connectivity index (χ0v) is 16.8. The molecule has 0 amide bonds. The molecule has 0 aliphatic carbocycles. The number of sulfonamides is 1. The molecule has 1 aliphatic heterocycles. The Morgan fingerprint density at radius 1 is 1.31 bits per heavy atom. The third-order valence-electron chi connectivity index (χ3n) is 4.44. The predicted octanol–water partition coefficient (Wildman–Crippen LogP) is 2.23. The number of hydrogen-bond donors (Lipinski definition) is 1. The van der Waals surface area contributed by atoms with E-state index in [1.54, 1.807) is 24.2 Å². The number of nitrogens with zero attached hydrogens (tertiary/aromatic N) is 3. The minimum atomic E-state index is -3.69. The Hall–Kier alpha value is -1.61.